The minimum atomic E-state index is -2.52. The van der Waals surface area contributed by atoms with Gasteiger partial charge in [0.1, 0.15) is 0 Å². The SMILES string of the molecule is COc1nc(OCC(F)F)ccc1CNC(C)(C)C. The van der Waals surface area contributed by atoms with Crippen molar-refractivity contribution in [1.82, 2.24) is 10.3 Å². The molecule has 0 aliphatic heterocycles. The van der Waals surface area contributed by atoms with Gasteiger partial charge in [0.25, 0.3) is 6.43 Å². The van der Waals surface area contributed by atoms with E-state index in [1.165, 1.54) is 7.11 Å². The van der Waals surface area contributed by atoms with E-state index < -0.39 is 13.0 Å². The molecule has 1 heterocycles. The van der Waals surface area contributed by atoms with Crippen LogP contribution < -0.4 is 14.8 Å². The van der Waals surface area contributed by atoms with Crippen molar-refractivity contribution < 1.29 is 18.3 Å². The van der Waals surface area contributed by atoms with Crippen LogP contribution in [0.25, 0.3) is 0 Å². The molecule has 0 amide bonds. The highest BCUT2D eigenvalue weighted by molar-refractivity contribution is 5.30. The lowest BCUT2D eigenvalue weighted by Gasteiger charge is -2.21. The Morgan fingerprint density at radius 3 is 2.53 bits per heavy atom. The first kappa shape index (κ1) is 15.6. The molecule has 1 N–H and O–H groups in total. The average Bonchev–Trinajstić information content (AvgIpc) is 2.33. The summed E-state index contributed by atoms with van der Waals surface area (Å²) >= 11 is 0. The minimum absolute atomic E-state index is 0.0319. The van der Waals surface area contributed by atoms with E-state index in [0.717, 1.165) is 5.56 Å². The summed E-state index contributed by atoms with van der Waals surface area (Å²) in [5.41, 5.74) is 0.817. The van der Waals surface area contributed by atoms with Crippen LogP contribution in [0.4, 0.5) is 8.78 Å². The fourth-order valence-corrected chi connectivity index (χ4v) is 1.35. The van der Waals surface area contributed by atoms with E-state index in [1.807, 2.05) is 20.8 Å². The quantitative estimate of drug-likeness (QED) is 0.866. The first-order chi connectivity index (χ1) is 8.81. The van der Waals surface area contributed by atoms with E-state index in [9.17, 15) is 8.78 Å². The summed E-state index contributed by atoms with van der Waals surface area (Å²) in [4.78, 5) is 4.05. The Hall–Kier alpha value is -1.43. The van der Waals surface area contributed by atoms with Gasteiger partial charge >= 0.3 is 0 Å². The third-order valence-electron chi connectivity index (χ3n) is 2.27. The molecule has 0 bridgehead atoms. The molecular formula is C13H20F2N2O2. The molecule has 0 saturated heterocycles. The van der Waals surface area contributed by atoms with Gasteiger partial charge in [0.05, 0.1) is 7.11 Å². The van der Waals surface area contributed by atoms with E-state index in [2.05, 4.69) is 10.3 Å². The Morgan fingerprint density at radius 1 is 1.32 bits per heavy atom. The predicted octanol–water partition coefficient (Wildman–Crippen LogP) is 2.62. The van der Waals surface area contributed by atoms with E-state index in [4.69, 9.17) is 9.47 Å². The lowest BCUT2D eigenvalue weighted by atomic mass is 10.1. The molecule has 0 saturated carbocycles. The maximum Gasteiger partial charge on any atom is 0.272 e. The molecule has 1 aromatic rings. The smallest absolute Gasteiger partial charge is 0.272 e. The summed E-state index contributed by atoms with van der Waals surface area (Å²) in [6.07, 6.45) is -2.52. The molecule has 1 aromatic heterocycles. The van der Waals surface area contributed by atoms with Gasteiger partial charge in [-0.25, -0.2) is 8.78 Å². The molecule has 0 spiro atoms. The van der Waals surface area contributed by atoms with Crippen LogP contribution in [0.2, 0.25) is 0 Å². The zero-order valence-electron chi connectivity index (χ0n) is 11.7. The van der Waals surface area contributed by atoms with E-state index in [1.54, 1.807) is 12.1 Å². The summed E-state index contributed by atoms with van der Waals surface area (Å²) in [7, 11) is 1.49. The number of nitrogens with one attached hydrogen (secondary N) is 1. The van der Waals surface area contributed by atoms with Gasteiger partial charge in [0.15, 0.2) is 6.61 Å². The first-order valence-electron chi connectivity index (χ1n) is 6.01. The highest BCUT2D eigenvalue weighted by atomic mass is 19.3. The molecule has 6 heteroatoms. The van der Waals surface area contributed by atoms with E-state index in [0.29, 0.717) is 12.4 Å². The number of methoxy groups -OCH3 is 1. The number of nitrogens with zero attached hydrogens (tertiary/aromatic N) is 1. The van der Waals surface area contributed by atoms with Gasteiger partial charge < -0.3 is 14.8 Å². The second-order valence-electron chi connectivity index (χ2n) is 5.12. The van der Waals surface area contributed by atoms with Crippen molar-refractivity contribution >= 4 is 0 Å². The summed E-state index contributed by atoms with van der Waals surface area (Å²) in [5.74, 6) is 0.514. The van der Waals surface area contributed by atoms with Gasteiger partial charge in [-0.3, -0.25) is 0 Å². The molecule has 1 rings (SSSR count). The highest BCUT2D eigenvalue weighted by Gasteiger charge is 2.13. The Morgan fingerprint density at radius 2 is 2.00 bits per heavy atom. The van der Waals surface area contributed by atoms with Crippen molar-refractivity contribution in [3.8, 4) is 11.8 Å². The Kier molecular flexibility index (Phi) is 5.47. The van der Waals surface area contributed by atoms with Crippen molar-refractivity contribution in [2.24, 2.45) is 0 Å². The largest absolute Gasteiger partial charge is 0.481 e. The average molecular weight is 274 g/mol. The number of ether oxygens (including phenoxy) is 2. The molecule has 4 nitrogen and oxygen atoms in total. The molecule has 108 valence electrons. The van der Waals surface area contributed by atoms with Crippen LogP contribution in [0.1, 0.15) is 26.3 Å². The molecular weight excluding hydrogens is 254 g/mol. The number of halogens is 2. The normalized spacial score (nSPS) is 11.7. The van der Waals surface area contributed by atoms with Crippen LogP contribution >= 0.6 is 0 Å². The standard InChI is InChI=1S/C13H20F2N2O2/c1-13(2,3)16-7-9-5-6-11(17-12(9)18-4)19-8-10(14)15/h5-6,10,16H,7-8H2,1-4H3. The summed E-state index contributed by atoms with van der Waals surface area (Å²) in [5, 5.41) is 3.30. The van der Waals surface area contributed by atoms with Gasteiger partial charge in [-0.15, -0.1) is 0 Å². The van der Waals surface area contributed by atoms with Gasteiger partial charge in [-0.1, -0.05) is 0 Å². The molecule has 0 radical (unpaired) electrons. The minimum Gasteiger partial charge on any atom is -0.481 e. The topological polar surface area (TPSA) is 43.4 Å². The van der Waals surface area contributed by atoms with Crippen molar-refractivity contribution in [1.29, 1.82) is 0 Å². The number of rotatable bonds is 6. The predicted molar refractivity (Wildman–Crippen MR) is 68.9 cm³/mol. The van der Waals surface area contributed by atoms with Crippen LogP contribution in [0.3, 0.4) is 0 Å². The number of aromatic nitrogens is 1. The Bertz CT molecular complexity index is 406. The zero-order chi connectivity index (χ0) is 14.5. The first-order valence-corrected chi connectivity index (χ1v) is 6.01. The number of alkyl halides is 2. The fraction of sp³-hybridized carbons (Fsp3) is 0.615. The third-order valence-corrected chi connectivity index (χ3v) is 2.27. The van der Waals surface area contributed by atoms with Crippen molar-refractivity contribution in [3.63, 3.8) is 0 Å². The maximum absolute atomic E-state index is 12.0. The number of pyridine rings is 1. The Balaban J connectivity index is 2.73. The lowest BCUT2D eigenvalue weighted by Crippen LogP contribution is -2.35. The van der Waals surface area contributed by atoms with Crippen LogP contribution in [0, 0.1) is 0 Å². The van der Waals surface area contributed by atoms with Crippen LogP contribution in [0.15, 0.2) is 12.1 Å². The van der Waals surface area contributed by atoms with Crippen molar-refractivity contribution in [2.75, 3.05) is 13.7 Å². The fourth-order valence-electron chi connectivity index (χ4n) is 1.35. The third kappa shape index (κ3) is 5.83. The molecule has 0 aliphatic carbocycles. The summed E-state index contributed by atoms with van der Waals surface area (Å²) < 4.78 is 34.1. The summed E-state index contributed by atoms with van der Waals surface area (Å²) in [6, 6.07) is 3.32. The monoisotopic (exact) mass is 274 g/mol. The molecule has 19 heavy (non-hydrogen) atoms. The van der Waals surface area contributed by atoms with Crippen LogP contribution in [-0.4, -0.2) is 30.7 Å². The molecule has 0 fully saturated rings. The molecule has 0 atom stereocenters. The van der Waals surface area contributed by atoms with Gasteiger partial charge in [-0.2, -0.15) is 4.98 Å². The van der Waals surface area contributed by atoms with Gasteiger partial charge in [-0.05, 0) is 26.8 Å². The number of hydrogen-bond acceptors (Lipinski definition) is 4. The van der Waals surface area contributed by atoms with Crippen molar-refractivity contribution in [3.05, 3.63) is 17.7 Å². The second kappa shape index (κ2) is 6.65. The number of hydrogen-bond donors (Lipinski definition) is 1. The second-order valence-corrected chi connectivity index (χ2v) is 5.12. The van der Waals surface area contributed by atoms with Gasteiger partial charge in [0, 0.05) is 23.7 Å². The zero-order valence-corrected chi connectivity index (χ0v) is 11.7. The highest BCUT2D eigenvalue weighted by Crippen LogP contribution is 2.20. The molecule has 0 aromatic carbocycles. The van der Waals surface area contributed by atoms with Crippen molar-refractivity contribution in [2.45, 2.75) is 39.3 Å². The molecule has 0 aliphatic rings. The lowest BCUT2D eigenvalue weighted by molar-refractivity contribution is 0.0792. The Labute approximate surface area is 112 Å². The molecule has 0 unspecified atom stereocenters. The van der Waals surface area contributed by atoms with E-state index in [-0.39, 0.29) is 11.4 Å². The van der Waals surface area contributed by atoms with Crippen LogP contribution in [0.5, 0.6) is 11.8 Å². The van der Waals surface area contributed by atoms with E-state index >= 15 is 0 Å². The van der Waals surface area contributed by atoms with Gasteiger partial charge in [0.2, 0.25) is 11.8 Å². The maximum atomic E-state index is 12.0. The summed E-state index contributed by atoms with van der Waals surface area (Å²) in [6.45, 7) is 6.05. The van der Waals surface area contributed by atoms with Crippen LogP contribution in [-0.2, 0) is 6.54 Å².